The maximum absolute atomic E-state index is 5.85. The lowest BCUT2D eigenvalue weighted by atomic mass is 10.2. The number of pyridine rings is 1. The zero-order chi connectivity index (χ0) is 16.7. The number of thiol groups is 1. The molecule has 3 aromatic rings. The number of hydrogen-bond acceptors (Lipinski definition) is 4. The minimum atomic E-state index is 0.510. The Balaban J connectivity index is 0.000000924. The van der Waals surface area contributed by atoms with E-state index in [0.717, 1.165) is 22.0 Å². The van der Waals surface area contributed by atoms with E-state index in [0.29, 0.717) is 5.15 Å². The molecule has 3 rings (SSSR count). The zero-order valence-electron chi connectivity index (χ0n) is 12.9. The standard InChI is InChI=1S/C16H14ClN3S.CH4S/c1-11-14(7-8-16(17)19-11)20-21-13-9-15(18-10-13)12-5-3-2-4-6-12;1-2/h2-10,18,20H,1H3;2H,1H3. The second-order valence-corrected chi connectivity index (χ2v) is 5.85. The van der Waals surface area contributed by atoms with Crippen LogP contribution in [0.1, 0.15) is 5.69 Å². The number of halogens is 1. The van der Waals surface area contributed by atoms with E-state index >= 15 is 0 Å². The molecule has 2 aromatic heterocycles. The number of rotatable bonds is 4. The van der Waals surface area contributed by atoms with Crippen molar-refractivity contribution >= 4 is 41.9 Å². The number of H-pyrrole nitrogens is 1. The van der Waals surface area contributed by atoms with Crippen LogP contribution in [0.5, 0.6) is 0 Å². The predicted molar refractivity (Wildman–Crippen MR) is 105 cm³/mol. The molecule has 120 valence electrons. The fraction of sp³-hybridized carbons (Fsp3) is 0.118. The van der Waals surface area contributed by atoms with E-state index in [1.54, 1.807) is 24.3 Å². The van der Waals surface area contributed by atoms with Crippen LogP contribution in [0.25, 0.3) is 11.3 Å². The van der Waals surface area contributed by atoms with Crippen LogP contribution in [0.2, 0.25) is 5.15 Å². The van der Waals surface area contributed by atoms with E-state index < -0.39 is 0 Å². The van der Waals surface area contributed by atoms with Crippen molar-refractivity contribution in [2.75, 3.05) is 11.0 Å². The van der Waals surface area contributed by atoms with Gasteiger partial charge in [-0.15, -0.1) is 0 Å². The first-order chi connectivity index (χ1) is 11.2. The van der Waals surface area contributed by atoms with Gasteiger partial charge in [0.15, 0.2) is 0 Å². The lowest BCUT2D eigenvalue weighted by molar-refractivity contribution is 1.21. The largest absolute Gasteiger partial charge is 0.360 e. The first kappa shape index (κ1) is 17.8. The van der Waals surface area contributed by atoms with Gasteiger partial charge in [0, 0.05) is 16.8 Å². The Bertz CT molecular complexity index is 745. The summed E-state index contributed by atoms with van der Waals surface area (Å²) >= 11 is 10.9. The van der Waals surface area contributed by atoms with E-state index in [4.69, 9.17) is 11.6 Å². The van der Waals surface area contributed by atoms with Crippen LogP contribution in [0.15, 0.2) is 59.6 Å². The van der Waals surface area contributed by atoms with E-state index in [-0.39, 0.29) is 0 Å². The van der Waals surface area contributed by atoms with E-state index in [1.165, 1.54) is 5.56 Å². The second-order valence-electron chi connectivity index (χ2n) is 4.59. The molecule has 0 aliphatic carbocycles. The van der Waals surface area contributed by atoms with Crippen molar-refractivity contribution in [2.45, 2.75) is 11.8 Å². The summed E-state index contributed by atoms with van der Waals surface area (Å²) in [6.07, 6.45) is 3.68. The summed E-state index contributed by atoms with van der Waals surface area (Å²) < 4.78 is 3.30. The molecule has 0 aliphatic rings. The van der Waals surface area contributed by atoms with E-state index in [2.05, 4.69) is 45.5 Å². The number of hydrogen-bond donors (Lipinski definition) is 3. The van der Waals surface area contributed by atoms with Crippen molar-refractivity contribution in [3.8, 4) is 11.3 Å². The molecule has 23 heavy (non-hydrogen) atoms. The summed E-state index contributed by atoms with van der Waals surface area (Å²) in [5.41, 5.74) is 4.13. The van der Waals surface area contributed by atoms with Crippen LogP contribution >= 0.6 is 36.2 Å². The SMILES string of the molecule is CS.Cc1nc(Cl)ccc1NSc1c[nH]c(-c2ccccc2)c1. The molecule has 0 saturated heterocycles. The van der Waals surface area contributed by atoms with Gasteiger partial charge < -0.3 is 9.71 Å². The number of benzene rings is 1. The van der Waals surface area contributed by atoms with Gasteiger partial charge in [-0.3, -0.25) is 0 Å². The summed E-state index contributed by atoms with van der Waals surface area (Å²) in [5, 5.41) is 0.510. The van der Waals surface area contributed by atoms with Crippen molar-refractivity contribution in [3.63, 3.8) is 0 Å². The van der Waals surface area contributed by atoms with Gasteiger partial charge in [-0.05, 0) is 48.9 Å². The molecule has 0 amide bonds. The maximum atomic E-state index is 5.85. The van der Waals surface area contributed by atoms with Gasteiger partial charge in [-0.25, -0.2) is 4.98 Å². The summed E-state index contributed by atoms with van der Waals surface area (Å²) in [5.74, 6) is 0. The predicted octanol–water partition coefficient (Wildman–Crippen LogP) is 5.70. The molecule has 0 fully saturated rings. The molecule has 2 N–H and O–H groups in total. The Labute approximate surface area is 151 Å². The Morgan fingerprint density at radius 3 is 2.57 bits per heavy atom. The first-order valence-corrected chi connectivity index (χ1v) is 9.06. The molecule has 0 spiro atoms. The minimum Gasteiger partial charge on any atom is -0.360 e. The Hall–Kier alpha value is -1.56. The van der Waals surface area contributed by atoms with Crippen molar-refractivity contribution in [1.29, 1.82) is 0 Å². The molecule has 0 aliphatic heterocycles. The highest BCUT2D eigenvalue weighted by Crippen LogP contribution is 2.27. The summed E-state index contributed by atoms with van der Waals surface area (Å²) in [4.78, 5) is 8.62. The van der Waals surface area contributed by atoms with Crippen LogP contribution in [0, 0.1) is 6.92 Å². The molecule has 2 heterocycles. The fourth-order valence-corrected chi connectivity index (χ4v) is 2.90. The smallest absolute Gasteiger partial charge is 0.129 e. The van der Waals surface area contributed by atoms with Gasteiger partial charge in [0.25, 0.3) is 0 Å². The molecule has 0 unspecified atom stereocenters. The molecule has 0 bridgehead atoms. The normalized spacial score (nSPS) is 9.91. The molecule has 3 nitrogen and oxygen atoms in total. The highest BCUT2D eigenvalue weighted by molar-refractivity contribution is 8.00. The number of anilines is 1. The Morgan fingerprint density at radius 1 is 1.13 bits per heavy atom. The first-order valence-electron chi connectivity index (χ1n) is 6.97. The van der Waals surface area contributed by atoms with Crippen LogP contribution in [0.4, 0.5) is 5.69 Å². The molecule has 6 heteroatoms. The Morgan fingerprint density at radius 2 is 1.87 bits per heavy atom. The van der Waals surface area contributed by atoms with Crippen molar-refractivity contribution in [3.05, 3.63) is 65.6 Å². The van der Waals surface area contributed by atoms with E-state index in [9.17, 15) is 0 Å². The number of aromatic amines is 1. The number of nitrogens with one attached hydrogen (secondary N) is 2. The van der Waals surface area contributed by atoms with E-state index in [1.807, 2.05) is 37.4 Å². The topological polar surface area (TPSA) is 40.7 Å². The third-order valence-corrected chi connectivity index (χ3v) is 4.08. The van der Waals surface area contributed by atoms with Gasteiger partial charge in [0.05, 0.1) is 11.4 Å². The summed E-state index contributed by atoms with van der Waals surface area (Å²) in [6, 6.07) is 16.1. The van der Waals surface area contributed by atoms with Crippen molar-refractivity contribution < 1.29 is 0 Å². The lowest BCUT2D eigenvalue weighted by Crippen LogP contribution is -1.92. The quantitative estimate of drug-likeness (QED) is 0.316. The van der Waals surface area contributed by atoms with Gasteiger partial charge >= 0.3 is 0 Å². The van der Waals surface area contributed by atoms with Crippen molar-refractivity contribution in [1.82, 2.24) is 9.97 Å². The van der Waals surface area contributed by atoms with Gasteiger partial charge in [-0.2, -0.15) is 12.6 Å². The molecular formula is C17H18ClN3S2. The number of nitrogens with zero attached hydrogens (tertiary/aromatic N) is 1. The average Bonchev–Trinajstić information content (AvgIpc) is 3.06. The van der Waals surface area contributed by atoms with Gasteiger partial charge in [-0.1, -0.05) is 41.9 Å². The average molecular weight is 364 g/mol. The maximum Gasteiger partial charge on any atom is 0.129 e. The van der Waals surface area contributed by atoms with Gasteiger partial charge in [0.2, 0.25) is 0 Å². The third kappa shape index (κ3) is 4.96. The van der Waals surface area contributed by atoms with Crippen LogP contribution in [0.3, 0.4) is 0 Å². The molecule has 0 radical (unpaired) electrons. The molecule has 1 aromatic carbocycles. The monoisotopic (exact) mass is 363 g/mol. The van der Waals surface area contributed by atoms with Crippen LogP contribution in [-0.2, 0) is 0 Å². The summed E-state index contributed by atoms with van der Waals surface area (Å²) in [7, 11) is 0. The minimum absolute atomic E-state index is 0.510. The molecule has 0 atom stereocenters. The highest BCUT2D eigenvalue weighted by Gasteiger charge is 2.04. The zero-order valence-corrected chi connectivity index (χ0v) is 15.3. The van der Waals surface area contributed by atoms with Gasteiger partial charge in [0.1, 0.15) is 5.15 Å². The van der Waals surface area contributed by atoms with Crippen LogP contribution in [-0.4, -0.2) is 16.2 Å². The van der Waals surface area contributed by atoms with Crippen molar-refractivity contribution in [2.24, 2.45) is 0 Å². The summed E-state index contributed by atoms with van der Waals surface area (Å²) in [6.45, 7) is 1.93. The lowest BCUT2D eigenvalue weighted by Gasteiger charge is -2.06. The fourth-order valence-electron chi connectivity index (χ4n) is 1.97. The highest BCUT2D eigenvalue weighted by atomic mass is 35.5. The van der Waals surface area contributed by atoms with Crippen LogP contribution < -0.4 is 4.72 Å². The Kier molecular flexibility index (Phi) is 6.89. The molecule has 0 saturated carbocycles. The number of aryl methyl sites for hydroxylation is 1. The third-order valence-electron chi connectivity index (χ3n) is 3.07. The number of aromatic nitrogens is 2. The molecular weight excluding hydrogens is 346 g/mol. The second kappa shape index (κ2) is 8.91.